The lowest BCUT2D eigenvalue weighted by Crippen LogP contribution is -2.01. The van der Waals surface area contributed by atoms with Crippen LogP contribution in [0.15, 0.2) is 36.4 Å². The first-order valence-electron chi connectivity index (χ1n) is 6.99. The highest BCUT2D eigenvalue weighted by Crippen LogP contribution is 2.28. The molecule has 0 aliphatic carbocycles. The minimum atomic E-state index is -0.219. The summed E-state index contributed by atoms with van der Waals surface area (Å²) >= 11 is 5.45. The fraction of sp³-hybridized carbons (Fsp3) is 0.235. The number of halogens is 1. The second-order valence-corrected chi connectivity index (χ2v) is 5.98. The zero-order valence-corrected chi connectivity index (χ0v) is 13.1. The van der Waals surface area contributed by atoms with Gasteiger partial charge in [-0.25, -0.2) is 4.39 Å². The van der Waals surface area contributed by atoms with Gasteiger partial charge < -0.3 is 4.98 Å². The van der Waals surface area contributed by atoms with Gasteiger partial charge in [0.05, 0.1) is 16.7 Å². The number of para-hydroxylation sites is 1. The first kappa shape index (κ1) is 14.0. The lowest BCUT2D eigenvalue weighted by Gasteiger charge is -2.14. The van der Waals surface area contributed by atoms with Crippen molar-refractivity contribution in [2.24, 2.45) is 0 Å². The Morgan fingerprint density at radius 2 is 1.90 bits per heavy atom. The minimum Gasteiger partial charge on any atom is -0.330 e. The van der Waals surface area contributed by atoms with E-state index in [0.29, 0.717) is 16.3 Å². The molecule has 4 heteroatoms. The predicted molar refractivity (Wildman–Crippen MR) is 87.2 cm³/mol. The molecule has 0 atom stereocenters. The van der Waals surface area contributed by atoms with Gasteiger partial charge in [0.2, 0.25) is 0 Å². The van der Waals surface area contributed by atoms with Crippen molar-refractivity contribution in [2.75, 3.05) is 0 Å². The van der Waals surface area contributed by atoms with Gasteiger partial charge in [-0.3, -0.25) is 4.57 Å². The molecular weight excluding hydrogens is 283 g/mol. The van der Waals surface area contributed by atoms with Crippen LogP contribution >= 0.6 is 12.2 Å². The molecule has 0 radical (unpaired) electrons. The van der Waals surface area contributed by atoms with Crippen LogP contribution in [0, 0.1) is 17.5 Å². The molecule has 0 aliphatic heterocycles. The lowest BCUT2D eigenvalue weighted by atomic mass is 10.0. The number of nitrogens with one attached hydrogen (secondary N) is 1. The van der Waals surface area contributed by atoms with E-state index in [2.05, 4.69) is 31.0 Å². The summed E-state index contributed by atoms with van der Waals surface area (Å²) < 4.78 is 16.3. The molecule has 0 unspecified atom stereocenters. The van der Waals surface area contributed by atoms with E-state index in [1.54, 1.807) is 6.92 Å². The van der Waals surface area contributed by atoms with Crippen LogP contribution in [0.5, 0.6) is 0 Å². The van der Waals surface area contributed by atoms with Gasteiger partial charge in [0, 0.05) is 0 Å². The molecule has 3 rings (SSSR count). The lowest BCUT2D eigenvalue weighted by molar-refractivity contribution is 0.620. The van der Waals surface area contributed by atoms with Crippen molar-refractivity contribution < 1.29 is 4.39 Å². The van der Waals surface area contributed by atoms with Crippen LogP contribution in [0.25, 0.3) is 16.7 Å². The Hall–Kier alpha value is -1.94. The molecule has 21 heavy (non-hydrogen) atoms. The maximum Gasteiger partial charge on any atom is 0.182 e. The van der Waals surface area contributed by atoms with Gasteiger partial charge in [-0.2, -0.15) is 0 Å². The largest absolute Gasteiger partial charge is 0.330 e. The molecule has 0 spiro atoms. The van der Waals surface area contributed by atoms with E-state index in [4.69, 9.17) is 12.2 Å². The van der Waals surface area contributed by atoms with E-state index in [0.717, 1.165) is 16.7 Å². The summed E-state index contributed by atoms with van der Waals surface area (Å²) in [6.07, 6.45) is 0. The van der Waals surface area contributed by atoms with Crippen molar-refractivity contribution in [3.8, 4) is 5.69 Å². The van der Waals surface area contributed by atoms with E-state index in [-0.39, 0.29) is 5.82 Å². The molecule has 0 aliphatic rings. The summed E-state index contributed by atoms with van der Waals surface area (Å²) in [7, 11) is 0. The number of aryl methyl sites for hydroxylation is 1. The molecule has 108 valence electrons. The first-order chi connectivity index (χ1) is 9.99. The third-order valence-electron chi connectivity index (χ3n) is 3.76. The summed E-state index contributed by atoms with van der Waals surface area (Å²) in [6, 6.07) is 11.5. The molecule has 1 N–H and O–H groups in total. The highest BCUT2D eigenvalue weighted by atomic mass is 32.1. The van der Waals surface area contributed by atoms with Crippen molar-refractivity contribution in [3.63, 3.8) is 0 Å². The normalized spacial score (nSPS) is 11.5. The minimum absolute atomic E-state index is 0.219. The maximum absolute atomic E-state index is 13.7. The Morgan fingerprint density at radius 3 is 2.62 bits per heavy atom. The van der Waals surface area contributed by atoms with Crippen LogP contribution < -0.4 is 0 Å². The number of hydrogen-bond acceptors (Lipinski definition) is 1. The third-order valence-corrected chi connectivity index (χ3v) is 4.05. The Kier molecular flexibility index (Phi) is 3.41. The molecule has 2 nitrogen and oxygen atoms in total. The number of benzene rings is 2. The zero-order chi connectivity index (χ0) is 15.1. The van der Waals surface area contributed by atoms with E-state index >= 15 is 0 Å². The number of rotatable bonds is 2. The molecule has 0 amide bonds. The standard InChI is InChI=1S/C17H17FN2S/c1-10(2)12-6-4-5-7-15(12)20-16-8-11(3)13(18)9-14(16)19-17(20)21/h4-10H,1-3H3,(H,19,21). The summed E-state index contributed by atoms with van der Waals surface area (Å²) in [6.45, 7) is 6.08. The highest BCUT2D eigenvalue weighted by molar-refractivity contribution is 7.71. The van der Waals surface area contributed by atoms with Gasteiger partial charge in [0.15, 0.2) is 4.77 Å². The number of hydrogen-bond donors (Lipinski definition) is 1. The van der Waals surface area contributed by atoms with Crippen LogP contribution in [0.1, 0.15) is 30.9 Å². The Labute approximate surface area is 128 Å². The Balaban J connectivity index is 2.38. The fourth-order valence-electron chi connectivity index (χ4n) is 2.65. The number of aromatic nitrogens is 2. The summed E-state index contributed by atoms with van der Waals surface area (Å²) in [5.41, 5.74) is 4.52. The molecule has 2 aromatic carbocycles. The Morgan fingerprint density at radius 1 is 1.19 bits per heavy atom. The number of imidazole rings is 1. The molecule has 1 aromatic heterocycles. The van der Waals surface area contributed by atoms with Crippen LogP contribution in [-0.4, -0.2) is 9.55 Å². The molecule has 0 fully saturated rings. The molecule has 0 saturated heterocycles. The highest BCUT2D eigenvalue weighted by Gasteiger charge is 2.13. The summed E-state index contributed by atoms with van der Waals surface area (Å²) in [5.74, 6) is 0.164. The van der Waals surface area contributed by atoms with Crippen molar-refractivity contribution in [1.82, 2.24) is 9.55 Å². The Bertz CT molecular complexity index is 874. The number of nitrogens with zero attached hydrogens (tertiary/aromatic N) is 1. The number of fused-ring (bicyclic) bond motifs is 1. The van der Waals surface area contributed by atoms with Crippen LogP contribution in [0.3, 0.4) is 0 Å². The SMILES string of the molecule is Cc1cc2c(cc1F)[nH]c(=S)n2-c1ccccc1C(C)C. The molecule has 0 saturated carbocycles. The number of H-pyrrole nitrogens is 1. The van der Waals surface area contributed by atoms with Crippen LogP contribution in [0.2, 0.25) is 0 Å². The number of aromatic amines is 1. The molecular formula is C17H17FN2S. The fourth-order valence-corrected chi connectivity index (χ4v) is 2.96. The zero-order valence-electron chi connectivity index (χ0n) is 12.3. The maximum atomic E-state index is 13.7. The second kappa shape index (κ2) is 5.11. The van der Waals surface area contributed by atoms with Crippen molar-refractivity contribution in [3.05, 3.63) is 58.1 Å². The summed E-state index contributed by atoms with van der Waals surface area (Å²) in [4.78, 5) is 3.10. The smallest absolute Gasteiger partial charge is 0.182 e. The average molecular weight is 300 g/mol. The quantitative estimate of drug-likeness (QED) is 0.640. The second-order valence-electron chi connectivity index (χ2n) is 5.60. The molecule has 1 heterocycles. The monoisotopic (exact) mass is 300 g/mol. The van der Waals surface area contributed by atoms with E-state index < -0.39 is 0 Å². The van der Waals surface area contributed by atoms with E-state index in [1.165, 1.54) is 11.6 Å². The van der Waals surface area contributed by atoms with E-state index in [1.807, 2.05) is 22.8 Å². The molecule has 0 bridgehead atoms. The van der Waals surface area contributed by atoms with Gasteiger partial charge in [0.25, 0.3) is 0 Å². The van der Waals surface area contributed by atoms with Gasteiger partial charge in [-0.05, 0) is 54.4 Å². The van der Waals surface area contributed by atoms with Crippen molar-refractivity contribution in [1.29, 1.82) is 0 Å². The van der Waals surface area contributed by atoms with Crippen LogP contribution in [0.4, 0.5) is 4.39 Å². The van der Waals surface area contributed by atoms with Gasteiger partial charge in [-0.15, -0.1) is 0 Å². The average Bonchev–Trinajstić information content (AvgIpc) is 2.74. The third kappa shape index (κ3) is 2.29. The van der Waals surface area contributed by atoms with E-state index in [9.17, 15) is 4.39 Å². The first-order valence-corrected chi connectivity index (χ1v) is 7.40. The van der Waals surface area contributed by atoms with Crippen molar-refractivity contribution >= 4 is 23.3 Å². The predicted octanol–water partition coefficient (Wildman–Crippen LogP) is 5.26. The molecule has 3 aromatic rings. The van der Waals surface area contributed by atoms with Crippen molar-refractivity contribution in [2.45, 2.75) is 26.7 Å². The van der Waals surface area contributed by atoms with Crippen LogP contribution in [-0.2, 0) is 0 Å². The summed E-state index contributed by atoms with van der Waals surface area (Å²) in [5, 5.41) is 0. The van der Waals surface area contributed by atoms with Gasteiger partial charge >= 0.3 is 0 Å². The van der Waals surface area contributed by atoms with Gasteiger partial charge in [-0.1, -0.05) is 32.0 Å². The van der Waals surface area contributed by atoms with Gasteiger partial charge in [0.1, 0.15) is 5.82 Å². The topological polar surface area (TPSA) is 20.7 Å².